The highest BCUT2D eigenvalue weighted by Crippen LogP contribution is 2.16. The molecule has 2 heteroatoms. The molecule has 0 amide bonds. The standard InChI is InChI=1S/C11H10FN/c12-11-4-3-9-5-8(7-13)1-2-10(9)6-11/h1-6H,7,13H2. The second kappa shape index (κ2) is 3.15. The van der Waals surface area contributed by atoms with E-state index in [1.807, 2.05) is 18.2 Å². The maximum atomic E-state index is 12.8. The van der Waals surface area contributed by atoms with Crippen LogP contribution in [0.3, 0.4) is 0 Å². The van der Waals surface area contributed by atoms with Gasteiger partial charge in [-0.3, -0.25) is 0 Å². The van der Waals surface area contributed by atoms with Crippen molar-refractivity contribution < 1.29 is 4.39 Å². The molecule has 0 atom stereocenters. The van der Waals surface area contributed by atoms with E-state index >= 15 is 0 Å². The number of rotatable bonds is 1. The predicted octanol–water partition coefficient (Wildman–Crippen LogP) is 2.44. The number of halogens is 1. The van der Waals surface area contributed by atoms with Crippen molar-refractivity contribution >= 4 is 10.8 Å². The molecular formula is C11H10FN. The van der Waals surface area contributed by atoms with Crippen LogP contribution in [0.4, 0.5) is 4.39 Å². The second-order valence-corrected chi connectivity index (χ2v) is 3.03. The van der Waals surface area contributed by atoms with E-state index in [0.717, 1.165) is 16.3 Å². The van der Waals surface area contributed by atoms with Crippen LogP contribution in [0, 0.1) is 5.82 Å². The monoisotopic (exact) mass is 175 g/mol. The third-order valence-corrected chi connectivity index (χ3v) is 2.10. The van der Waals surface area contributed by atoms with Gasteiger partial charge in [0, 0.05) is 6.54 Å². The summed E-state index contributed by atoms with van der Waals surface area (Å²) in [7, 11) is 0. The van der Waals surface area contributed by atoms with Gasteiger partial charge in [0.05, 0.1) is 0 Å². The minimum absolute atomic E-state index is 0.201. The molecule has 1 nitrogen and oxygen atoms in total. The van der Waals surface area contributed by atoms with Crippen LogP contribution in [0.15, 0.2) is 36.4 Å². The van der Waals surface area contributed by atoms with Crippen LogP contribution in [0.2, 0.25) is 0 Å². The van der Waals surface area contributed by atoms with Gasteiger partial charge in [0.2, 0.25) is 0 Å². The van der Waals surface area contributed by atoms with Crippen LogP contribution < -0.4 is 5.73 Å². The van der Waals surface area contributed by atoms with Gasteiger partial charge >= 0.3 is 0 Å². The average Bonchev–Trinajstić information content (AvgIpc) is 2.17. The van der Waals surface area contributed by atoms with Gasteiger partial charge in [0.1, 0.15) is 5.82 Å². The normalized spacial score (nSPS) is 10.6. The molecular weight excluding hydrogens is 165 g/mol. The lowest BCUT2D eigenvalue weighted by Crippen LogP contribution is -1.95. The summed E-state index contributed by atoms with van der Waals surface area (Å²) in [6, 6.07) is 10.5. The first-order valence-electron chi connectivity index (χ1n) is 4.18. The Morgan fingerprint density at radius 2 is 1.69 bits per heavy atom. The van der Waals surface area contributed by atoms with Crippen LogP contribution in [0.25, 0.3) is 10.8 Å². The molecule has 0 aliphatic rings. The van der Waals surface area contributed by atoms with E-state index in [-0.39, 0.29) is 5.82 Å². The highest BCUT2D eigenvalue weighted by atomic mass is 19.1. The van der Waals surface area contributed by atoms with Crippen molar-refractivity contribution in [3.05, 3.63) is 47.8 Å². The Bertz CT molecular complexity index is 437. The van der Waals surface area contributed by atoms with E-state index in [1.165, 1.54) is 12.1 Å². The zero-order valence-electron chi connectivity index (χ0n) is 7.13. The first-order chi connectivity index (χ1) is 6.29. The summed E-state index contributed by atoms with van der Waals surface area (Å²) in [5.41, 5.74) is 6.57. The molecule has 2 rings (SSSR count). The lowest BCUT2D eigenvalue weighted by atomic mass is 10.1. The summed E-state index contributed by atoms with van der Waals surface area (Å²) in [5, 5.41) is 1.95. The number of fused-ring (bicyclic) bond motifs is 1. The summed E-state index contributed by atoms with van der Waals surface area (Å²) in [5.74, 6) is -0.201. The van der Waals surface area contributed by atoms with Crippen LogP contribution >= 0.6 is 0 Å². The van der Waals surface area contributed by atoms with E-state index in [1.54, 1.807) is 6.07 Å². The zero-order valence-corrected chi connectivity index (χ0v) is 7.13. The number of benzene rings is 2. The van der Waals surface area contributed by atoms with E-state index < -0.39 is 0 Å². The van der Waals surface area contributed by atoms with Crippen molar-refractivity contribution in [2.24, 2.45) is 5.73 Å². The van der Waals surface area contributed by atoms with Gasteiger partial charge in [0.15, 0.2) is 0 Å². The number of hydrogen-bond donors (Lipinski definition) is 1. The Labute approximate surface area is 76.0 Å². The molecule has 0 saturated heterocycles. The summed E-state index contributed by atoms with van der Waals surface area (Å²) < 4.78 is 12.8. The predicted molar refractivity (Wildman–Crippen MR) is 51.8 cm³/mol. The summed E-state index contributed by atoms with van der Waals surface area (Å²) in [4.78, 5) is 0. The molecule has 0 heterocycles. The second-order valence-electron chi connectivity index (χ2n) is 3.03. The fraction of sp³-hybridized carbons (Fsp3) is 0.0909. The van der Waals surface area contributed by atoms with E-state index in [4.69, 9.17) is 5.73 Å². The van der Waals surface area contributed by atoms with Crippen LogP contribution in [0.5, 0.6) is 0 Å². The molecule has 0 saturated carbocycles. The summed E-state index contributed by atoms with van der Waals surface area (Å²) >= 11 is 0. The molecule has 13 heavy (non-hydrogen) atoms. The molecule has 0 aliphatic heterocycles. The van der Waals surface area contributed by atoms with Gasteiger partial charge in [-0.05, 0) is 34.5 Å². The van der Waals surface area contributed by atoms with Crippen molar-refractivity contribution in [2.75, 3.05) is 0 Å². The SMILES string of the molecule is NCc1ccc2cc(F)ccc2c1. The molecule has 2 N–H and O–H groups in total. The molecule has 0 radical (unpaired) electrons. The zero-order chi connectivity index (χ0) is 9.26. The fourth-order valence-corrected chi connectivity index (χ4v) is 1.39. The maximum Gasteiger partial charge on any atom is 0.123 e. The minimum Gasteiger partial charge on any atom is -0.326 e. The Balaban J connectivity index is 2.66. The third-order valence-electron chi connectivity index (χ3n) is 2.10. The van der Waals surface area contributed by atoms with E-state index in [9.17, 15) is 4.39 Å². The Kier molecular flexibility index (Phi) is 1.99. The lowest BCUT2D eigenvalue weighted by Gasteiger charge is -2.00. The van der Waals surface area contributed by atoms with Crippen molar-refractivity contribution in [3.63, 3.8) is 0 Å². The topological polar surface area (TPSA) is 26.0 Å². The van der Waals surface area contributed by atoms with Crippen molar-refractivity contribution in [1.82, 2.24) is 0 Å². The Morgan fingerprint density at radius 3 is 2.46 bits per heavy atom. The molecule has 0 fully saturated rings. The largest absolute Gasteiger partial charge is 0.326 e. The lowest BCUT2D eigenvalue weighted by molar-refractivity contribution is 0.630. The number of hydrogen-bond acceptors (Lipinski definition) is 1. The Hall–Kier alpha value is -1.41. The number of nitrogens with two attached hydrogens (primary N) is 1. The van der Waals surface area contributed by atoms with Crippen molar-refractivity contribution in [1.29, 1.82) is 0 Å². The van der Waals surface area contributed by atoms with Gasteiger partial charge in [-0.15, -0.1) is 0 Å². The fourth-order valence-electron chi connectivity index (χ4n) is 1.39. The van der Waals surface area contributed by atoms with E-state index in [2.05, 4.69) is 0 Å². The smallest absolute Gasteiger partial charge is 0.123 e. The third kappa shape index (κ3) is 1.53. The molecule has 66 valence electrons. The summed E-state index contributed by atoms with van der Waals surface area (Å²) in [6.45, 7) is 0.521. The average molecular weight is 175 g/mol. The first kappa shape index (κ1) is 8.20. The van der Waals surface area contributed by atoms with Gasteiger partial charge in [-0.1, -0.05) is 18.2 Å². The van der Waals surface area contributed by atoms with Crippen molar-refractivity contribution in [2.45, 2.75) is 6.54 Å². The molecule has 0 spiro atoms. The van der Waals surface area contributed by atoms with Crippen LogP contribution in [-0.4, -0.2) is 0 Å². The minimum atomic E-state index is -0.201. The highest BCUT2D eigenvalue weighted by molar-refractivity contribution is 5.83. The molecule has 2 aromatic carbocycles. The van der Waals surface area contributed by atoms with Crippen LogP contribution in [0.1, 0.15) is 5.56 Å². The Morgan fingerprint density at radius 1 is 1.00 bits per heavy atom. The van der Waals surface area contributed by atoms with Gasteiger partial charge in [-0.25, -0.2) is 4.39 Å². The molecule has 0 unspecified atom stereocenters. The highest BCUT2D eigenvalue weighted by Gasteiger charge is 1.96. The first-order valence-corrected chi connectivity index (χ1v) is 4.18. The van der Waals surface area contributed by atoms with Crippen LogP contribution in [-0.2, 0) is 6.54 Å². The molecule has 0 aromatic heterocycles. The molecule has 0 bridgehead atoms. The van der Waals surface area contributed by atoms with Crippen molar-refractivity contribution in [3.8, 4) is 0 Å². The quantitative estimate of drug-likeness (QED) is 0.707. The maximum absolute atomic E-state index is 12.8. The molecule has 0 aliphatic carbocycles. The van der Waals surface area contributed by atoms with Gasteiger partial charge in [0.25, 0.3) is 0 Å². The molecule has 2 aromatic rings. The van der Waals surface area contributed by atoms with E-state index in [0.29, 0.717) is 6.54 Å². The van der Waals surface area contributed by atoms with Gasteiger partial charge < -0.3 is 5.73 Å². The van der Waals surface area contributed by atoms with Gasteiger partial charge in [-0.2, -0.15) is 0 Å². The summed E-state index contributed by atoms with van der Waals surface area (Å²) in [6.07, 6.45) is 0.